The lowest BCUT2D eigenvalue weighted by molar-refractivity contribution is -0.385. The normalized spacial score (nSPS) is 12.2. The quantitative estimate of drug-likeness (QED) is 0.0359. The number of nitro groups is 1. The average Bonchev–Trinajstić information content (AvgIpc) is 3.07. The van der Waals surface area contributed by atoms with E-state index in [1.54, 1.807) is 23.5 Å². The summed E-state index contributed by atoms with van der Waals surface area (Å²) in [4.78, 5) is 50.4. The lowest BCUT2D eigenvalue weighted by atomic mass is 10.1. The highest BCUT2D eigenvalue weighted by Gasteiger charge is 2.42. The summed E-state index contributed by atoms with van der Waals surface area (Å²) >= 11 is 0.774. The minimum absolute atomic E-state index is 0.00204. The number of halogens is 7. The summed E-state index contributed by atoms with van der Waals surface area (Å²) in [6, 6.07) is 18.9. The molecule has 0 fully saturated rings. The van der Waals surface area contributed by atoms with Crippen molar-refractivity contribution in [3.05, 3.63) is 135 Å². The highest BCUT2D eigenvalue weighted by Crippen LogP contribution is 2.39. The molecule has 4 rings (SSSR count). The maximum absolute atomic E-state index is 14.4. The average molecular weight is 721 g/mol. The number of anilines is 2. The largest absolute Gasteiger partial charge is 0.422 e. The second-order valence-electron chi connectivity index (χ2n) is 10.2. The number of thioether (sulfide) groups is 1. The molecule has 0 heterocycles. The molecule has 4 aromatic carbocycles. The summed E-state index contributed by atoms with van der Waals surface area (Å²) in [7, 11) is 0. The third kappa shape index (κ3) is 8.65. The molecule has 260 valence electrons. The van der Waals surface area contributed by atoms with Crippen LogP contribution in [-0.4, -0.2) is 27.9 Å². The van der Waals surface area contributed by atoms with E-state index in [0.29, 0.717) is 0 Å². The Balaban J connectivity index is 1.57. The molecular weight excluding hydrogens is 697 g/mol. The number of hydrogen-bond donors (Lipinski definition) is 3. The van der Waals surface area contributed by atoms with Crippen molar-refractivity contribution in [2.45, 2.75) is 29.7 Å². The van der Waals surface area contributed by atoms with Crippen molar-refractivity contribution in [1.82, 2.24) is 5.32 Å². The van der Waals surface area contributed by atoms with Crippen molar-refractivity contribution in [1.29, 1.82) is 0 Å². The van der Waals surface area contributed by atoms with Crippen molar-refractivity contribution in [2.24, 2.45) is 0 Å². The predicted octanol–water partition coefficient (Wildman–Crippen LogP) is 8.09. The van der Waals surface area contributed by atoms with Gasteiger partial charge in [0.05, 0.1) is 15.7 Å². The van der Waals surface area contributed by atoms with E-state index in [-0.39, 0.29) is 39.5 Å². The van der Waals surface area contributed by atoms with Gasteiger partial charge in [0.2, 0.25) is 5.91 Å². The zero-order chi connectivity index (χ0) is 36.7. The van der Waals surface area contributed by atoms with Gasteiger partial charge in [-0.05, 0) is 48.9 Å². The molecule has 0 saturated heterocycles. The van der Waals surface area contributed by atoms with E-state index in [1.165, 1.54) is 67.6 Å². The topological polar surface area (TPSA) is 130 Å². The first-order valence-electron chi connectivity index (χ1n) is 14.3. The summed E-state index contributed by atoms with van der Waals surface area (Å²) in [5.41, 5.74) is -4.98. The molecule has 17 heteroatoms. The second kappa shape index (κ2) is 15.7. The van der Waals surface area contributed by atoms with Crippen molar-refractivity contribution < 1.29 is 50.0 Å². The Bertz CT molecular complexity index is 1960. The first-order chi connectivity index (χ1) is 23.6. The molecule has 0 aromatic heterocycles. The number of benzene rings is 4. The van der Waals surface area contributed by atoms with E-state index in [1.807, 2.05) is 0 Å². The Kier molecular flexibility index (Phi) is 11.6. The van der Waals surface area contributed by atoms with Gasteiger partial charge in [-0.3, -0.25) is 24.5 Å². The van der Waals surface area contributed by atoms with E-state index in [0.717, 1.165) is 17.8 Å². The Labute approximate surface area is 282 Å². The van der Waals surface area contributed by atoms with Crippen molar-refractivity contribution in [3.63, 3.8) is 0 Å². The fraction of sp³-hybridized carbons (Fsp3) is 0.121. The standard InChI is InChI=1S/C33H23F7N4O5S/c1-2-23(32(47)43-29-27(36)25(34)24(33(38,39)40)26(35)28(29)37)50-20-13-8-12-19(16-20)41-31(46)21(42-30(45)17-9-4-3-5-10-17)15-18-11-6-7-14-22(18)44(48)49/h3-16,23H,2H2,1H3,(H,41,46)(H,42,45)(H,43,47)/b21-15+. The van der Waals surface area contributed by atoms with Crippen molar-refractivity contribution in [3.8, 4) is 0 Å². The van der Waals surface area contributed by atoms with Crippen LogP contribution in [0.15, 0.2) is 89.5 Å². The fourth-order valence-corrected chi connectivity index (χ4v) is 5.41. The SMILES string of the molecule is CCC(Sc1cccc(NC(=O)/C(=C\c2ccccc2[N+](=O)[O-])NC(=O)c2ccccc2)c1)C(=O)Nc1c(F)c(F)c(C(F)(F)F)c(F)c1F. The number of rotatable bonds is 11. The molecule has 0 radical (unpaired) electrons. The van der Waals surface area contributed by atoms with Crippen LogP contribution in [0.5, 0.6) is 0 Å². The molecule has 0 spiro atoms. The summed E-state index contributed by atoms with van der Waals surface area (Å²) in [5.74, 6) is -13.2. The van der Waals surface area contributed by atoms with Crippen LogP contribution in [-0.2, 0) is 15.8 Å². The Morgan fingerprint density at radius 3 is 2.08 bits per heavy atom. The maximum Gasteiger partial charge on any atom is 0.422 e. The predicted molar refractivity (Wildman–Crippen MR) is 170 cm³/mol. The number of carbonyl (C=O) groups is 3. The van der Waals surface area contributed by atoms with E-state index >= 15 is 0 Å². The van der Waals surface area contributed by atoms with Gasteiger partial charge < -0.3 is 16.0 Å². The first-order valence-corrected chi connectivity index (χ1v) is 15.1. The van der Waals surface area contributed by atoms with Gasteiger partial charge in [0, 0.05) is 22.2 Å². The smallest absolute Gasteiger partial charge is 0.321 e. The number of carbonyl (C=O) groups excluding carboxylic acids is 3. The first kappa shape index (κ1) is 37.1. The molecular formula is C33H23F7N4O5S. The molecule has 1 atom stereocenters. The van der Waals surface area contributed by atoms with Crippen LogP contribution in [0.4, 0.5) is 47.8 Å². The Morgan fingerprint density at radius 1 is 0.860 bits per heavy atom. The van der Waals surface area contributed by atoms with Gasteiger partial charge in [-0.1, -0.05) is 43.3 Å². The lowest BCUT2D eigenvalue weighted by Crippen LogP contribution is -2.30. The van der Waals surface area contributed by atoms with Crippen LogP contribution in [0, 0.1) is 33.4 Å². The minimum atomic E-state index is -5.76. The molecule has 0 bridgehead atoms. The fourth-order valence-electron chi connectivity index (χ4n) is 4.40. The number of alkyl halides is 3. The number of amides is 3. The molecule has 9 nitrogen and oxygen atoms in total. The summed E-state index contributed by atoms with van der Waals surface area (Å²) in [6.07, 6.45) is -4.70. The minimum Gasteiger partial charge on any atom is -0.321 e. The molecule has 0 aliphatic rings. The van der Waals surface area contributed by atoms with Crippen LogP contribution in [0.1, 0.15) is 34.8 Å². The Morgan fingerprint density at radius 2 is 1.48 bits per heavy atom. The molecule has 0 aliphatic carbocycles. The zero-order valence-electron chi connectivity index (χ0n) is 25.4. The number of para-hydroxylation sites is 1. The number of nitrogens with zero attached hydrogens (tertiary/aromatic N) is 1. The van der Waals surface area contributed by atoms with E-state index in [4.69, 9.17) is 0 Å². The molecule has 50 heavy (non-hydrogen) atoms. The van der Waals surface area contributed by atoms with Crippen molar-refractivity contribution >= 4 is 52.6 Å². The van der Waals surface area contributed by atoms with Crippen molar-refractivity contribution in [2.75, 3.05) is 10.6 Å². The molecule has 0 aliphatic heterocycles. The van der Waals surface area contributed by atoms with Gasteiger partial charge in [0.15, 0.2) is 23.3 Å². The van der Waals surface area contributed by atoms with Gasteiger partial charge in [-0.15, -0.1) is 11.8 Å². The summed E-state index contributed by atoms with van der Waals surface area (Å²) in [6.45, 7) is 1.47. The lowest BCUT2D eigenvalue weighted by Gasteiger charge is -2.18. The van der Waals surface area contributed by atoms with Crippen LogP contribution < -0.4 is 16.0 Å². The van der Waals surface area contributed by atoms with Gasteiger partial charge in [-0.2, -0.15) is 13.2 Å². The van der Waals surface area contributed by atoms with Crippen LogP contribution >= 0.6 is 11.8 Å². The van der Waals surface area contributed by atoms with Crippen LogP contribution in [0.3, 0.4) is 0 Å². The number of nitrogens with one attached hydrogen (secondary N) is 3. The monoisotopic (exact) mass is 720 g/mol. The summed E-state index contributed by atoms with van der Waals surface area (Å²) < 4.78 is 95.7. The van der Waals surface area contributed by atoms with E-state index in [9.17, 15) is 55.2 Å². The molecule has 0 saturated carbocycles. The third-order valence-electron chi connectivity index (χ3n) is 6.79. The highest BCUT2D eigenvalue weighted by atomic mass is 32.2. The second-order valence-corrected chi connectivity index (χ2v) is 11.5. The van der Waals surface area contributed by atoms with Gasteiger partial charge in [0.1, 0.15) is 16.9 Å². The molecule has 3 N–H and O–H groups in total. The van der Waals surface area contributed by atoms with E-state index in [2.05, 4.69) is 10.6 Å². The van der Waals surface area contributed by atoms with Gasteiger partial charge in [-0.25, -0.2) is 17.6 Å². The number of hydrogen-bond acceptors (Lipinski definition) is 6. The Hall–Kier alpha value is -5.71. The van der Waals surface area contributed by atoms with Gasteiger partial charge in [0.25, 0.3) is 17.5 Å². The number of nitro benzene ring substituents is 1. The third-order valence-corrected chi connectivity index (χ3v) is 8.15. The molecule has 1 unspecified atom stereocenters. The van der Waals surface area contributed by atoms with E-state index < -0.39 is 68.6 Å². The van der Waals surface area contributed by atoms with Gasteiger partial charge >= 0.3 is 6.18 Å². The van der Waals surface area contributed by atoms with Crippen LogP contribution in [0.2, 0.25) is 0 Å². The van der Waals surface area contributed by atoms with Crippen LogP contribution in [0.25, 0.3) is 6.08 Å². The molecule has 4 aromatic rings. The molecule has 3 amide bonds. The maximum atomic E-state index is 14.4. The zero-order valence-corrected chi connectivity index (χ0v) is 26.2. The summed E-state index contributed by atoms with van der Waals surface area (Å²) in [5, 5.41) is 16.9. The highest BCUT2D eigenvalue weighted by molar-refractivity contribution is 8.00.